The monoisotopic (exact) mass is 438 g/mol. The minimum Gasteiger partial charge on any atom is -0.388 e. The van der Waals surface area contributed by atoms with Crippen LogP contribution in [0.1, 0.15) is 26.2 Å². The van der Waals surface area contributed by atoms with Crippen molar-refractivity contribution >= 4 is 29.3 Å². The summed E-state index contributed by atoms with van der Waals surface area (Å²) >= 11 is 7.55. The van der Waals surface area contributed by atoms with Gasteiger partial charge in [0.25, 0.3) is 0 Å². The van der Waals surface area contributed by atoms with Gasteiger partial charge in [-0.3, -0.25) is 4.79 Å². The summed E-state index contributed by atoms with van der Waals surface area (Å²) in [5.74, 6) is 0.0449. The van der Waals surface area contributed by atoms with Gasteiger partial charge in [-0.05, 0) is 31.9 Å². The molecule has 0 aromatic rings. The summed E-state index contributed by atoms with van der Waals surface area (Å²) in [5.41, 5.74) is -0.725. The molecule has 162 valence electrons. The number of ether oxygens (including phenoxy) is 2. The molecule has 1 amide bonds. The number of halogens is 1. The number of alkyl halides is 1. The van der Waals surface area contributed by atoms with Crippen molar-refractivity contribution < 1.29 is 29.6 Å². The van der Waals surface area contributed by atoms with E-state index in [9.17, 15) is 20.1 Å². The van der Waals surface area contributed by atoms with Crippen molar-refractivity contribution in [3.05, 3.63) is 0 Å². The molecule has 5 N–H and O–H groups in total. The molecule has 0 bridgehead atoms. The predicted octanol–water partition coefficient (Wildman–Crippen LogP) is -0.574. The predicted molar refractivity (Wildman–Crippen MR) is 106 cm³/mol. The Hall–Kier alpha value is -0.130. The summed E-state index contributed by atoms with van der Waals surface area (Å²) in [6.45, 7) is 3.07. The highest BCUT2D eigenvalue weighted by Gasteiger charge is 2.49. The van der Waals surface area contributed by atoms with Crippen molar-refractivity contribution in [3.8, 4) is 0 Å². The lowest BCUT2D eigenvalue weighted by Gasteiger charge is -2.44. The number of carbonyl (C=O) groups is 1. The molecule has 28 heavy (non-hydrogen) atoms. The number of hydrogen-bond acceptors (Lipinski definition) is 8. The first-order valence-corrected chi connectivity index (χ1v) is 11.6. The minimum absolute atomic E-state index is 0.183. The van der Waals surface area contributed by atoms with Crippen LogP contribution in [-0.2, 0) is 14.3 Å². The van der Waals surface area contributed by atoms with Gasteiger partial charge in [-0.25, -0.2) is 0 Å². The van der Waals surface area contributed by atoms with E-state index in [1.807, 2.05) is 0 Å². The molecule has 3 rings (SSSR count). The van der Waals surface area contributed by atoms with Gasteiger partial charge < -0.3 is 35.4 Å². The maximum Gasteiger partial charge on any atom is 0.240 e. The third kappa shape index (κ3) is 4.62. The number of aliphatic hydroxyl groups excluding tert-OH is 3. The number of nitrogens with one attached hydrogen (secondary N) is 2. The lowest BCUT2D eigenvalue weighted by Crippen LogP contribution is -2.65. The molecule has 3 aliphatic heterocycles. The number of carbonyl (C=O) groups excluding carboxylic acids is 1. The highest BCUT2D eigenvalue weighted by Crippen LogP contribution is 2.31. The Morgan fingerprint density at radius 3 is 2.68 bits per heavy atom. The minimum atomic E-state index is -1.38. The zero-order chi connectivity index (χ0) is 20.4. The second kappa shape index (κ2) is 9.78. The lowest BCUT2D eigenvalue weighted by molar-refractivity contribution is -0.205. The van der Waals surface area contributed by atoms with E-state index < -0.39 is 47.3 Å². The molecule has 10 heteroatoms. The summed E-state index contributed by atoms with van der Waals surface area (Å²) in [7, 11) is 0. The van der Waals surface area contributed by atoms with E-state index in [-0.39, 0.29) is 12.0 Å². The van der Waals surface area contributed by atoms with Crippen molar-refractivity contribution in [1.82, 2.24) is 10.6 Å². The van der Waals surface area contributed by atoms with Gasteiger partial charge in [-0.2, -0.15) is 0 Å². The van der Waals surface area contributed by atoms with E-state index in [0.717, 1.165) is 25.8 Å². The smallest absolute Gasteiger partial charge is 0.240 e. The van der Waals surface area contributed by atoms with E-state index in [1.54, 1.807) is 13.2 Å². The maximum absolute atomic E-state index is 13.0. The van der Waals surface area contributed by atoms with E-state index in [4.69, 9.17) is 21.1 Å². The molecule has 3 fully saturated rings. The maximum atomic E-state index is 13.0. The number of fused-ring (bicyclic) bond motifs is 1. The summed E-state index contributed by atoms with van der Waals surface area (Å²) < 4.78 is 11.7. The van der Waals surface area contributed by atoms with Gasteiger partial charge in [-0.15, -0.1) is 23.4 Å². The Morgan fingerprint density at radius 2 is 2.00 bits per heavy atom. The van der Waals surface area contributed by atoms with Crippen molar-refractivity contribution in [2.24, 2.45) is 5.92 Å². The van der Waals surface area contributed by atoms with E-state index in [2.05, 4.69) is 10.6 Å². The molecule has 0 spiro atoms. The standard InChI is InChI=1S/C18H31ClN2O6S/c1-8(19)10(16-13(23)12(22)14(24)18(27-16)28-2)21-17(25)11-15-9(7-20-11)5-3-4-6-26-15/h8-16,18,20,22-24H,3-7H2,1-2H3,(H,21,25)/t8-,9-,10+,11?,12?,13?,14?,15+,16?,18?/m0/s1. The Kier molecular flexibility index (Phi) is 7.88. The Bertz CT molecular complexity index is 542. The molecule has 8 nitrogen and oxygen atoms in total. The van der Waals surface area contributed by atoms with Crippen LogP contribution >= 0.6 is 23.4 Å². The fraction of sp³-hybridized carbons (Fsp3) is 0.944. The molecule has 3 saturated heterocycles. The van der Waals surface area contributed by atoms with Crippen LogP contribution in [0.4, 0.5) is 0 Å². The van der Waals surface area contributed by atoms with E-state index in [1.165, 1.54) is 11.8 Å². The average molecular weight is 439 g/mol. The fourth-order valence-electron chi connectivity index (χ4n) is 4.33. The summed E-state index contributed by atoms with van der Waals surface area (Å²) in [6, 6.07) is -1.23. The van der Waals surface area contributed by atoms with Gasteiger partial charge >= 0.3 is 0 Å². The van der Waals surface area contributed by atoms with Crippen LogP contribution in [0, 0.1) is 5.92 Å². The zero-order valence-corrected chi connectivity index (χ0v) is 17.7. The largest absolute Gasteiger partial charge is 0.388 e. The van der Waals surface area contributed by atoms with Gasteiger partial charge in [0.15, 0.2) is 0 Å². The molecule has 0 aromatic heterocycles. The molecule has 0 saturated carbocycles. The van der Waals surface area contributed by atoms with Gasteiger partial charge in [0.1, 0.15) is 35.9 Å². The second-order valence-corrected chi connectivity index (χ2v) is 9.49. The van der Waals surface area contributed by atoms with Crippen LogP contribution in [-0.4, -0.2) is 94.1 Å². The number of aliphatic hydroxyl groups is 3. The van der Waals surface area contributed by atoms with Crippen molar-refractivity contribution in [2.45, 2.75) is 79.6 Å². The summed E-state index contributed by atoms with van der Waals surface area (Å²) in [4.78, 5) is 13.0. The molecule has 6 unspecified atom stereocenters. The van der Waals surface area contributed by atoms with Crippen LogP contribution in [0.2, 0.25) is 0 Å². The number of rotatable bonds is 5. The van der Waals surface area contributed by atoms with Gasteiger partial charge in [0, 0.05) is 13.2 Å². The van der Waals surface area contributed by atoms with E-state index >= 15 is 0 Å². The number of amides is 1. The molecule has 3 aliphatic rings. The quantitative estimate of drug-likeness (QED) is 0.362. The van der Waals surface area contributed by atoms with Crippen LogP contribution in [0.15, 0.2) is 0 Å². The van der Waals surface area contributed by atoms with Gasteiger partial charge in [0.05, 0.1) is 17.5 Å². The van der Waals surface area contributed by atoms with Crippen LogP contribution in [0.3, 0.4) is 0 Å². The average Bonchev–Trinajstić information content (AvgIpc) is 2.93. The van der Waals surface area contributed by atoms with Crippen LogP contribution < -0.4 is 10.6 Å². The molecule has 0 radical (unpaired) electrons. The second-order valence-electron chi connectivity index (χ2n) is 7.87. The van der Waals surface area contributed by atoms with Crippen molar-refractivity contribution in [1.29, 1.82) is 0 Å². The highest BCUT2D eigenvalue weighted by atomic mass is 35.5. The molecule has 0 aromatic carbocycles. The summed E-state index contributed by atoms with van der Waals surface area (Å²) in [6.07, 6.45) is -0.247. The normalized spacial score (nSPS) is 43.6. The number of hydrogen-bond donors (Lipinski definition) is 5. The first-order valence-electron chi connectivity index (χ1n) is 9.87. The third-order valence-corrected chi connectivity index (χ3v) is 7.08. The Morgan fingerprint density at radius 1 is 1.25 bits per heavy atom. The van der Waals surface area contributed by atoms with Gasteiger partial charge in [-0.1, -0.05) is 6.42 Å². The molecule has 3 heterocycles. The fourth-order valence-corrected chi connectivity index (χ4v) is 5.21. The summed E-state index contributed by atoms with van der Waals surface area (Å²) in [5, 5.41) is 36.3. The van der Waals surface area contributed by atoms with Crippen molar-refractivity contribution in [3.63, 3.8) is 0 Å². The highest BCUT2D eigenvalue weighted by molar-refractivity contribution is 7.99. The lowest BCUT2D eigenvalue weighted by atomic mass is 9.92. The van der Waals surface area contributed by atoms with Crippen LogP contribution in [0.5, 0.6) is 0 Å². The third-order valence-electron chi connectivity index (χ3n) is 5.95. The van der Waals surface area contributed by atoms with Crippen molar-refractivity contribution in [2.75, 3.05) is 19.4 Å². The Labute approximate surface area is 174 Å². The van der Waals surface area contributed by atoms with E-state index in [0.29, 0.717) is 12.5 Å². The zero-order valence-electron chi connectivity index (χ0n) is 16.2. The molecular weight excluding hydrogens is 408 g/mol. The first-order chi connectivity index (χ1) is 13.3. The SMILES string of the molecule is CSC1OC([C@H](NC(=O)C2NC[C@@H]3CCCCO[C@@H]23)[C@H](C)Cl)C(O)C(O)C1O. The van der Waals surface area contributed by atoms with Crippen LogP contribution in [0.25, 0.3) is 0 Å². The molecule has 0 aliphatic carbocycles. The topological polar surface area (TPSA) is 120 Å². The van der Waals surface area contributed by atoms with Gasteiger partial charge in [0.2, 0.25) is 5.91 Å². The molecular formula is C18H31ClN2O6S. The molecule has 10 atom stereocenters. The Balaban J connectivity index is 1.71. The number of thioether (sulfide) groups is 1. The first kappa shape index (κ1) is 22.6.